The van der Waals surface area contributed by atoms with Crippen LogP contribution in [0.2, 0.25) is 0 Å². The number of nitrogens with zero attached hydrogens (tertiary/aromatic N) is 2. The van der Waals surface area contributed by atoms with E-state index in [1.54, 1.807) is 24.3 Å². The molecule has 0 saturated carbocycles. The van der Waals surface area contributed by atoms with Gasteiger partial charge in [-0.3, -0.25) is 14.7 Å². The maximum absolute atomic E-state index is 12.2. The Morgan fingerprint density at radius 3 is 2.96 bits per heavy atom. The fourth-order valence-electron chi connectivity index (χ4n) is 1.83. The van der Waals surface area contributed by atoms with Crippen LogP contribution >= 0.6 is 0 Å². The first kappa shape index (κ1) is 16.0. The number of hydrogen-bond acceptors (Lipinski definition) is 5. The van der Waals surface area contributed by atoms with Crippen LogP contribution in [-0.2, 0) is 0 Å². The normalized spacial score (nSPS) is 9.74. The Hall–Kier alpha value is -3.34. The standard InChI is InChI=1S/C15H15N5O3/c1-23-11-5-2-4-10(8-11)14(21)19-12-9-18-20-13(12)15(22)17-7-3-6-16/h2,4-5,8-9H,3,7H2,1H3,(H,17,22)(H,18,20)(H,19,21). The van der Waals surface area contributed by atoms with Gasteiger partial charge in [-0.25, -0.2) is 0 Å². The molecule has 8 nitrogen and oxygen atoms in total. The van der Waals surface area contributed by atoms with Crippen LogP contribution in [0.1, 0.15) is 27.3 Å². The zero-order valence-corrected chi connectivity index (χ0v) is 12.4. The van der Waals surface area contributed by atoms with Gasteiger partial charge in [-0.2, -0.15) is 10.4 Å². The zero-order valence-electron chi connectivity index (χ0n) is 12.4. The summed E-state index contributed by atoms with van der Waals surface area (Å²) in [6.07, 6.45) is 1.61. The van der Waals surface area contributed by atoms with E-state index in [2.05, 4.69) is 20.8 Å². The summed E-state index contributed by atoms with van der Waals surface area (Å²) in [5.41, 5.74) is 0.702. The van der Waals surface area contributed by atoms with Crippen LogP contribution < -0.4 is 15.4 Å². The van der Waals surface area contributed by atoms with E-state index in [0.29, 0.717) is 11.3 Å². The Morgan fingerprint density at radius 2 is 2.22 bits per heavy atom. The number of ether oxygens (including phenoxy) is 1. The number of carbonyl (C=O) groups is 2. The minimum atomic E-state index is -0.470. The molecular formula is C15H15N5O3. The topological polar surface area (TPSA) is 120 Å². The molecule has 0 bridgehead atoms. The van der Waals surface area contributed by atoms with Gasteiger partial charge in [0.1, 0.15) is 5.75 Å². The lowest BCUT2D eigenvalue weighted by atomic mass is 10.2. The van der Waals surface area contributed by atoms with Crippen molar-refractivity contribution in [3.8, 4) is 11.8 Å². The van der Waals surface area contributed by atoms with E-state index in [0.717, 1.165) is 0 Å². The number of nitrogens with one attached hydrogen (secondary N) is 3. The van der Waals surface area contributed by atoms with Crippen molar-refractivity contribution in [3.63, 3.8) is 0 Å². The van der Waals surface area contributed by atoms with Gasteiger partial charge >= 0.3 is 0 Å². The Kier molecular flexibility index (Phi) is 5.30. The molecular weight excluding hydrogens is 298 g/mol. The van der Waals surface area contributed by atoms with Crippen molar-refractivity contribution in [1.82, 2.24) is 15.5 Å². The van der Waals surface area contributed by atoms with Crippen LogP contribution in [0.3, 0.4) is 0 Å². The third-order valence-electron chi connectivity index (χ3n) is 2.96. The summed E-state index contributed by atoms with van der Waals surface area (Å²) in [7, 11) is 1.51. The quantitative estimate of drug-likeness (QED) is 0.695. The van der Waals surface area contributed by atoms with E-state index in [1.165, 1.54) is 13.3 Å². The number of benzene rings is 1. The van der Waals surface area contributed by atoms with Crippen molar-refractivity contribution in [1.29, 1.82) is 5.26 Å². The number of methoxy groups -OCH3 is 1. The molecule has 2 amide bonds. The van der Waals surface area contributed by atoms with E-state index in [4.69, 9.17) is 10.00 Å². The molecule has 0 saturated heterocycles. The number of aromatic amines is 1. The molecule has 0 fully saturated rings. The highest BCUT2D eigenvalue weighted by Crippen LogP contribution is 2.16. The minimum absolute atomic E-state index is 0.0548. The van der Waals surface area contributed by atoms with Gasteiger partial charge in [-0.1, -0.05) is 6.07 Å². The number of carbonyl (C=O) groups excluding carboxylic acids is 2. The van der Waals surface area contributed by atoms with Gasteiger partial charge < -0.3 is 15.4 Å². The van der Waals surface area contributed by atoms with Gasteiger partial charge in [0.05, 0.1) is 25.3 Å². The van der Waals surface area contributed by atoms with Gasteiger partial charge in [-0.05, 0) is 18.2 Å². The Bertz CT molecular complexity index is 748. The summed E-state index contributed by atoms with van der Waals surface area (Å²) in [5.74, 6) is -0.307. The second-order valence-electron chi connectivity index (χ2n) is 4.50. The van der Waals surface area contributed by atoms with Crippen molar-refractivity contribution < 1.29 is 14.3 Å². The van der Waals surface area contributed by atoms with Crippen LogP contribution in [0.5, 0.6) is 5.75 Å². The molecule has 1 aromatic carbocycles. The SMILES string of the molecule is COc1cccc(C(=O)Nc2c[nH]nc2C(=O)NCCC#N)c1. The van der Waals surface area contributed by atoms with Crippen LogP contribution in [-0.4, -0.2) is 35.7 Å². The molecule has 0 radical (unpaired) electrons. The first-order valence-electron chi connectivity index (χ1n) is 6.80. The molecule has 118 valence electrons. The minimum Gasteiger partial charge on any atom is -0.497 e. The number of rotatable bonds is 6. The Labute approximate surface area is 132 Å². The molecule has 0 unspecified atom stereocenters. The maximum Gasteiger partial charge on any atom is 0.273 e. The molecule has 3 N–H and O–H groups in total. The summed E-state index contributed by atoms with van der Waals surface area (Å²) >= 11 is 0. The highest BCUT2D eigenvalue weighted by molar-refractivity contribution is 6.08. The molecule has 0 aliphatic heterocycles. The Morgan fingerprint density at radius 1 is 1.39 bits per heavy atom. The van der Waals surface area contributed by atoms with Crippen molar-refractivity contribution >= 4 is 17.5 Å². The van der Waals surface area contributed by atoms with Gasteiger partial charge in [0.15, 0.2) is 5.69 Å². The molecule has 2 aromatic rings. The second-order valence-corrected chi connectivity index (χ2v) is 4.50. The third-order valence-corrected chi connectivity index (χ3v) is 2.96. The van der Waals surface area contributed by atoms with E-state index in [9.17, 15) is 9.59 Å². The van der Waals surface area contributed by atoms with E-state index < -0.39 is 11.8 Å². The molecule has 0 aliphatic carbocycles. The fraction of sp³-hybridized carbons (Fsp3) is 0.200. The average molecular weight is 313 g/mol. The van der Waals surface area contributed by atoms with Crippen molar-refractivity contribution in [2.45, 2.75) is 6.42 Å². The largest absolute Gasteiger partial charge is 0.497 e. The second kappa shape index (κ2) is 7.61. The van der Waals surface area contributed by atoms with Gasteiger partial charge in [0.2, 0.25) is 0 Å². The smallest absolute Gasteiger partial charge is 0.273 e. The lowest BCUT2D eigenvalue weighted by Crippen LogP contribution is -2.26. The predicted molar refractivity (Wildman–Crippen MR) is 82.1 cm³/mol. The van der Waals surface area contributed by atoms with Crippen molar-refractivity contribution in [2.24, 2.45) is 0 Å². The molecule has 1 aromatic heterocycles. The number of amides is 2. The lowest BCUT2D eigenvalue weighted by molar-refractivity contribution is 0.0950. The number of nitriles is 1. The molecule has 2 rings (SSSR count). The van der Waals surface area contributed by atoms with E-state index >= 15 is 0 Å². The zero-order chi connectivity index (χ0) is 16.7. The third kappa shape index (κ3) is 4.07. The van der Waals surface area contributed by atoms with E-state index in [-0.39, 0.29) is 24.3 Å². The summed E-state index contributed by atoms with van der Waals surface area (Å²) in [6, 6.07) is 8.56. The first-order chi connectivity index (χ1) is 11.2. The van der Waals surface area contributed by atoms with Crippen LogP contribution in [0.4, 0.5) is 5.69 Å². The van der Waals surface area contributed by atoms with Crippen LogP contribution in [0.15, 0.2) is 30.5 Å². The average Bonchev–Trinajstić information content (AvgIpc) is 3.03. The predicted octanol–water partition coefficient (Wildman–Crippen LogP) is 1.31. The van der Waals surface area contributed by atoms with Gasteiger partial charge in [0.25, 0.3) is 11.8 Å². The number of anilines is 1. The summed E-state index contributed by atoms with van der Waals surface area (Å²) < 4.78 is 5.07. The monoisotopic (exact) mass is 313 g/mol. The first-order valence-corrected chi connectivity index (χ1v) is 6.80. The molecule has 0 atom stereocenters. The molecule has 23 heavy (non-hydrogen) atoms. The number of hydrogen-bond donors (Lipinski definition) is 3. The van der Waals surface area contributed by atoms with Crippen molar-refractivity contribution in [3.05, 3.63) is 41.7 Å². The number of H-pyrrole nitrogens is 1. The van der Waals surface area contributed by atoms with Crippen LogP contribution in [0, 0.1) is 11.3 Å². The number of aromatic nitrogens is 2. The van der Waals surface area contributed by atoms with Crippen molar-refractivity contribution in [2.75, 3.05) is 19.0 Å². The molecule has 8 heteroatoms. The van der Waals surface area contributed by atoms with Gasteiger partial charge in [0, 0.05) is 18.3 Å². The lowest BCUT2D eigenvalue weighted by Gasteiger charge is -2.07. The highest BCUT2D eigenvalue weighted by Gasteiger charge is 2.17. The summed E-state index contributed by atoms with van der Waals surface area (Å²) in [6.45, 7) is 0.214. The maximum atomic E-state index is 12.2. The fourth-order valence-corrected chi connectivity index (χ4v) is 1.83. The summed E-state index contributed by atoms with van der Waals surface area (Å²) in [5, 5.41) is 20.0. The molecule has 0 spiro atoms. The molecule has 0 aliphatic rings. The van der Waals surface area contributed by atoms with E-state index in [1.807, 2.05) is 6.07 Å². The summed E-state index contributed by atoms with van der Waals surface area (Å²) in [4.78, 5) is 24.2. The van der Waals surface area contributed by atoms with Crippen LogP contribution in [0.25, 0.3) is 0 Å². The Balaban J connectivity index is 2.08. The highest BCUT2D eigenvalue weighted by atomic mass is 16.5. The molecule has 1 heterocycles. The van der Waals surface area contributed by atoms with Gasteiger partial charge in [-0.15, -0.1) is 0 Å².